The van der Waals surface area contributed by atoms with Crippen LogP contribution in [-0.2, 0) is 10.8 Å². The minimum Gasteiger partial charge on any atom is -0.310 e. The molecule has 1 heteroatoms. The Morgan fingerprint density at radius 3 is 1.49 bits per heavy atom. The van der Waals surface area contributed by atoms with E-state index in [1.165, 1.54) is 100 Å². The maximum absolute atomic E-state index is 2.52. The maximum Gasteiger partial charge on any atom is 0.0726 e. The molecule has 0 N–H and O–H groups in total. The van der Waals surface area contributed by atoms with Gasteiger partial charge in [0.15, 0.2) is 0 Å². The fourth-order valence-corrected chi connectivity index (χ4v) is 11.0. The van der Waals surface area contributed by atoms with E-state index in [9.17, 15) is 0 Å². The zero-order valence-electron chi connectivity index (χ0n) is 33.8. The summed E-state index contributed by atoms with van der Waals surface area (Å²) in [6, 6.07) is 64.6. The predicted molar refractivity (Wildman–Crippen MR) is 247 cm³/mol. The van der Waals surface area contributed by atoms with Crippen LogP contribution < -0.4 is 4.90 Å². The average molecular weight is 754 g/mol. The molecule has 1 nitrogen and oxygen atoms in total. The summed E-state index contributed by atoms with van der Waals surface area (Å²) in [7, 11) is 0. The van der Waals surface area contributed by atoms with Gasteiger partial charge in [-0.1, -0.05) is 177 Å². The van der Waals surface area contributed by atoms with E-state index in [0.717, 1.165) is 17.1 Å². The third-order valence-corrected chi connectivity index (χ3v) is 13.8. The summed E-state index contributed by atoms with van der Waals surface area (Å²) in [5.41, 5.74) is 26.7. The molecule has 0 heterocycles. The van der Waals surface area contributed by atoms with E-state index < -0.39 is 5.41 Å². The zero-order chi connectivity index (χ0) is 39.6. The standard InChI is InChI=1S/C58H43N/c1-36-20-28-47-48-29-21-37(2)33-55(48)58(54(47)32-36)53-19-10-8-16-45(53)49-30-26-42(35-56(49)58)59(41-27-31-52-50(34-41)46-17-7-9-18-51(46)57(52,3)4)40-24-22-39(23-25-40)44-15-6-5-14-43(44)38-12-11-13-38/h5-35H,1-4H3. The van der Waals surface area contributed by atoms with Gasteiger partial charge in [0, 0.05) is 22.5 Å². The minimum atomic E-state index is -0.435. The highest BCUT2D eigenvalue weighted by molar-refractivity contribution is 5.97. The van der Waals surface area contributed by atoms with Crippen molar-refractivity contribution in [2.75, 3.05) is 4.90 Å². The Balaban J connectivity index is 1.09. The van der Waals surface area contributed by atoms with Crippen LogP contribution in [0.2, 0.25) is 0 Å². The molecule has 12 rings (SSSR count). The summed E-state index contributed by atoms with van der Waals surface area (Å²) in [6.45, 7) is 9.19. The van der Waals surface area contributed by atoms with E-state index in [1.807, 2.05) is 0 Å². The summed E-state index contributed by atoms with van der Waals surface area (Å²) in [6.07, 6.45) is 6.52. The summed E-state index contributed by atoms with van der Waals surface area (Å²) >= 11 is 0. The van der Waals surface area contributed by atoms with Crippen LogP contribution in [0.3, 0.4) is 0 Å². The average Bonchev–Trinajstić information content (AvgIpc) is 3.78. The number of hydrogen-bond donors (Lipinski definition) is 0. The largest absolute Gasteiger partial charge is 0.310 e. The van der Waals surface area contributed by atoms with E-state index in [4.69, 9.17) is 0 Å². The third-order valence-electron chi connectivity index (χ3n) is 13.8. The molecule has 0 saturated carbocycles. The number of nitrogens with zero attached hydrogens (tertiary/aromatic N) is 1. The normalized spacial score (nSPS) is 15.1. The van der Waals surface area contributed by atoms with Gasteiger partial charge in [0.05, 0.1) is 5.41 Å². The van der Waals surface area contributed by atoms with Crippen LogP contribution in [-0.4, -0.2) is 0 Å². The molecule has 0 bridgehead atoms. The highest BCUT2D eigenvalue weighted by Crippen LogP contribution is 2.64. The van der Waals surface area contributed by atoms with Crippen LogP contribution in [0.15, 0.2) is 188 Å². The van der Waals surface area contributed by atoms with Crippen LogP contribution in [0.25, 0.3) is 50.1 Å². The van der Waals surface area contributed by atoms with Gasteiger partial charge < -0.3 is 4.90 Å². The first-order chi connectivity index (χ1) is 28.8. The summed E-state index contributed by atoms with van der Waals surface area (Å²) < 4.78 is 0. The second kappa shape index (κ2) is 12.3. The number of aryl methyl sites for hydroxylation is 2. The van der Waals surface area contributed by atoms with Gasteiger partial charge in [-0.05, 0) is 139 Å². The molecule has 0 fully saturated rings. The topological polar surface area (TPSA) is 3.24 Å². The van der Waals surface area contributed by atoms with Crippen molar-refractivity contribution in [1.82, 2.24) is 0 Å². The van der Waals surface area contributed by atoms with Gasteiger partial charge in [0.1, 0.15) is 0 Å². The number of hydrogen-bond acceptors (Lipinski definition) is 1. The Kier molecular flexibility index (Phi) is 7.10. The van der Waals surface area contributed by atoms with Crippen molar-refractivity contribution in [1.29, 1.82) is 0 Å². The molecule has 8 aromatic carbocycles. The molecule has 0 aliphatic heterocycles. The smallest absolute Gasteiger partial charge is 0.0726 e. The first-order valence-corrected chi connectivity index (χ1v) is 20.9. The van der Waals surface area contributed by atoms with Crippen molar-refractivity contribution in [2.24, 2.45) is 0 Å². The molecule has 0 radical (unpaired) electrons. The second-order valence-electron chi connectivity index (χ2n) is 17.4. The minimum absolute atomic E-state index is 0.0688. The van der Waals surface area contributed by atoms with Crippen molar-refractivity contribution < 1.29 is 0 Å². The first kappa shape index (κ1) is 34.1. The summed E-state index contributed by atoms with van der Waals surface area (Å²) in [4.78, 5) is 2.49. The third kappa shape index (κ3) is 4.67. The van der Waals surface area contributed by atoms with Crippen molar-refractivity contribution in [3.05, 3.63) is 238 Å². The van der Waals surface area contributed by atoms with Crippen molar-refractivity contribution in [3.8, 4) is 44.5 Å². The highest BCUT2D eigenvalue weighted by Gasteiger charge is 2.52. The lowest BCUT2D eigenvalue weighted by Crippen LogP contribution is -2.26. The van der Waals surface area contributed by atoms with E-state index in [2.05, 4.69) is 221 Å². The molecule has 1 spiro atoms. The van der Waals surface area contributed by atoms with Crippen LogP contribution in [0.1, 0.15) is 63.9 Å². The van der Waals surface area contributed by atoms with E-state index in [0.29, 0.717) is 0 Å². The van der Waals surface area contributed by atoms with Gasteiger partial charge in [-0.2, -0.15) is 0 Å². The van der Waals surface area contributed by atoms with Gasteiger partial charge in [-0.25, -0.2) is 0 Å². The van der Waals surface area contributed by atoms with Crippen LogP contribution in [0, 0.1) is 13.8 Å². The van der Waals surface area contributed by atoms with Crippen LogP contribution >= 0.6 is 0 Å². The number of benzene rings is 8. The van der Waals surface area contributed by atoms with Gasteiger partial charge in [-0.3, -0.25) is 0 Å². The van der Waals surface area contributed by atoms with Gasteiger partial charge in [0.2, 0.25) is 0 Å². The molecule has 0 atom stereocenters. The van der Waals surface area contributed by atoms with Crippen molar-refractivity contribution in [2.45, 2.75) is 38.5 Å². The molecule has 4 aliphatic rings. The molecule has 59 heavy (non-hydrogen) atoms. The number of rotatable bonds is 5. The van der Waals surface area contributed by atoms with E-state index >= 15 is 0 Å². The Labute approximate surface area is 347 Å². The molecule has 0 amide bonds. The molecule has 0 saturated heterocycles. The molecular weight excluding hydrogens is 711 g/mol. The lowest BCUT2D eigenvalue weighted by molar-refractivity contribution is 0.660. The zero-order valence-corrected chi connectivity index (χ0v) is 33.8. The summed E-state index contributed by atoms with van der Waals surface area (Å²) in [5, 5.41) is 0. The Hall–Kier alpha value is -6.96. The molecule has 0 aromatic heterocycles. The molecule has 0 unspecified atom stereocenters. The fraction of sp³-hybridized carbons (Fsp3) is 0.103. The highest BCUT2D eigenvalue weighted by atomic mass is 15.1. The lowest BCUT2D eigenvalue weighted by atomic mass is 9.70. The predicted octanol–water partition coefficient (Wildman–Crippen LogP) is 15.0. The number of anilines is 3. The lowest BCUT2D eigenvalue weighted by Gasteiger charge is -2.33. The molecule has 8 aromatic rings. The van der Waals surface area contributed by atoms with Gasteiger partial charge >= 0.3 is 0 Å². The van der Waals surface area contributed by atoms with E-state index in [1.54, 1.807) is 0 Å². The maximum atomic E-state index is 2.52. The first-order valence-electron chi connectivity index (χ1n) is 20.9. The van der Waals surface area contributed by atoms with Crippen LogP contribution in [0.5, 0.6) is 0 Å². The Bertz CT molecular complexity index is 3100. The van der Waals surface area contributed by atoms with E-state index in [-0.39, 0.29) is 5.41 Å². The molecule has 4 aliphatic carbocycles. The van der Waals surface area contributed by atoms with Gasteiger partial charge in [-0.15, -0.1) is 0 Å². The second-order valence-corrected chi connectivity index (χ2v) is 17.4. The molecular formula is C58H43N. The summed E-state index contributed by atoms with van der Waals surface area (Å²) in [5.74, 6) is 0. The quantitative estimate of drug-likeness (QED) is 0.169. The fourth-order valence-electron chi connectivity index (χ4n) is 11.0. The Morgan fingerprint density at radius 2 is 0.847 bits per heavy atom. The Morgan fingerprint density at radius 1 is 0.373 bits per heavy atom. The van der Waals surface area contributed by atoms with Crippen molar-refractivity contribution >= 4 is 22.6 Å². The number of fused-ring (bicyclic) bond motifs is 13. The number of allylic oxidation sites excluding steroid dienone is 4. The molecule has 280 valence electrons. The SMILES string of the molecule is Cc1ccc2c(c1)C1(c3ccccc3-c3ccc(N(c4ccc(-c5ccccc5C5=CC=C5)cc4)c4ccc5c(c4)-c4ccccc4C5(C)C)cc31)c1cc(C)ccc1-2. The monoisotopic (exact) mass is 753 g/mol. The van der Waals surface area contributed by atoms with Gasteiger partial charge in [0.25, 0.3) is 0 Å². The van der Waals surface area contributed by atoms with Crippen molar-refractivity contribution in [3.63, 3.8) is 0 Å². The van der Waals surface area contributed by atoms with Crippen LogP contribution in [0.4, 0.5) is 17.1 Å².